The van der Waals surface area contributed by atoms with Gasteiger partial charge in [-0.05, 0) is 69.7 Å². The van der Waals surface area contributed by atoms with Gasteiger partial charge in [0, 0.05) is 25.0 Å². The summed E-state index contributed by atoms with van der Waals surface area (Å²) < 4.78 is 44.5. The molecule has 1 aromatic rings. The molecule has 186 valence electrons. The van der Waals surface area contributed by atoms with E-state index in [9.17, 15) is 22.8 Å². The zero-order chi connectivity index (χ0) is 25.3. The fourth-order valence-corrected chi connectivity index (χ4v) is 4.36. The van der Waals surface area contributed by atoms with Gasteiger partial charge in [0.05, 0.1) is 16.7 Å². The van der Waals surface area contributed by atoms with E-state index in [2.05, 4.69) is 10.3 Å². The predicted octanol–water partition coefficient (Wildman–Crippen LogP) is 5.56. The molecule has 0 saturated carbocycles. The van der Waals surface area contributed by atoms with Crippen LogP contribution in [0.25, 0.3) is 5.57 Å². The highest BCUT2D eigenvalue weighted by Crippen LogP contribution is 2.44. The van der Waals surface area contributed by atoms with Crippen LogP contribution in [0.15, 0.2) is 36.2 Å². The normalized spacial score (nSPS) is 21.3. The molecule has 9 heteroatoms. The van der Waals surface area contributed by atoms with E-state index in [1.54, 1.807) is 31.7 Å². The Labute approximate surface area is 198 Å². The molecule has 34 heavy (non-hydrogen) atoms. The van der Waals surface area contributed by atoms with Crippen molar-refractivity contribution in [3.05, 3.63) is 47.4 Å². The minimum absolute atomic E-state index is 0.00607. The number of nitrogens with zero attached hydrogens (tertiary/aromatic N) is 2. The number of carbonyl (C=O) groups is 2. The SMILES string of the molecule is CC(C)[C@@]1(C(=O)N2CC=C(c3cc(C(F)(F)F)ccn3)CC2)C=C(NC(=O)OC(C)(C)C)CC1. The summed E-state index contributed by atoms with van der Waals surface area (Å²) in [4.78, 5) is 31.6. The first-order chi connectivity index (χ1) is 15.7. The maximum absolute atomic E-state index is 13.6. The van der Waals surface area contributed by atoms with Gasteiger partial charge in [-0.25, -0.2) is 4.79 Å². The fourth-order valence-electron chi connectivity index (χ4n) is 4.36. The quantitative estimate of drug-likeness (QED) is 0.614. The molecule has 0 aromatic carbocycles. The zero-order valence-electron chi connectivity index (χ0n) is 20.3. The average Bonchev–Trinajstić information content (AvgIpc) is 3.16. The molecule has 0 bridgehead atoms. The van der Waals surface area contributed by atoms with E-state index in [1.165, 1.54) is 0 Å². The monoisotopic (exact) mass is 479 g/mol. The highest BCUT2D eigenvalue weighted by Gasteiger charge is 2.45. The number of aromatic nitrogens is 1. The summed E-state index contributed by atoms with van der Waals surface area (Å²) >= 11 is 0. The summed E-state index contributed by atoms with van der Waals surface area (Å²) in [6.07, 6.45) is 1.33. The Balaban J connectivity index is 1.74. The second kappa shape index (κ2) is 9.43. The van der Waals surface area contributed by atoms with E-state index in [0.717, 1.165) is 18.3 Å². The Kier molecular flexibility index (Phi) is 7.15. The van der Waals surface area contributed by atoms with Crippen LogP contribution < -0.4 is 5.32 Å². The summed E-state index contributed by atoms with van der Waals surface area (Å²) in [6.45, 7) is 9.98. The fraction of sp³-hybridized carbons (Fsp3) is 0.560. The van der Waals surface area contributed by atoms with Gasteiger partial charge in [-0.15, -0.1) is 0 Å². The van der Waals surface area contributed by atoms with Gasteiger partial charge in [0.1, 0.15) is 5.60 Å². The van der Waals surface area contributed by atoms with Crippen molar-refractivity contribution in [2.75, 3.05) is 13.1 Å². The third kappa shape index (κ3) is 5.80. The van der Waals surface area contributed by atoms with Crippen LogP contribution in [-0.2, 0) is 15.7 Å². The Bertz CT molecular complexity index is 1010. The first kappa shape index (κ1) is 25.8. The number of hydrogen-bond donors (Lipinski definition) is 1. The number of alkyl halides is 3. The van der Waals surface area contributed by atoms with Crippen molar-refractivity contribution >= 4 is 17.6 Å². The van der Waals surface area contributed by atoms with Crippen LogP contribution in [0, 0.1) is 11.3 Å². The van der Waals surface area contributed by atoms with Crippen molar-refractivity contribution in [2.24, 2.45) is 11.3 Å². The molecule has 2 aliphatic rings. The smallest absolute Gasteiger partial charge is 0.416 e. The van der Waals surface area contributed by atoms with E-state index in [4.69, 9.17) is 4.74 Å². The number of carbonyl (C=O) groups excluding carboxylic acids is 2. The molecule has 1 N–H and O–H groups in total. The first-order valence-corrected chi connectivity index (χ1v) is 11.4. The summed E-state index contributed by atoms with van der Waals surface area (Å²) in [5, 5.41) is 2.77. The zero-order valence-corrected chi connectivity index (χ0v) is 20.3. The van der Waals surface area contributed by atoms with E-state index in [-0.39, 0.29) is 17.5 Å². The summed E-state index contributed by atoms with van der Waals surface area (Å²) in [5.41, 5.74) is -0.479. The molecule has 2 amide bonds. The standard InChI is InChI=1S/C25H32F3N3O3/c1-16(2)24(10-6-19(15-24)30-22(33)34-23(3,4)5)21(32)31-12-8-17(9-13-31)20-14-18(7-11-29-20)25(26,27)28/h7-8,11,14-16H,6,9-10,12-13H2,1-5H3,(H,30,33)/t24-/m0/s1. The second-order valence-corrected chi connectivity index (χ2v) is 10.1. The lowest BCUT2D eigenvalue weighted by atomic mass is 9.75. The summed E-state index contributed by atoms with van der Waals surface area (Å²) in [6, 6.07) is 2.00. The third-order valence-corrected chi connectivity index (χ3v) is 6.24. The molecule has 1 atom stereocenters. The van der Waals surface area contributed by atoms with Gasteiger partial charge in [-0.2, -0.15) is 13.2 Å². The largest absolute Gasteiger partial charge is 0.444 e. The Morgan fingerprint density at radius 3 is 2.47 bits per heavy atom. The summed E-state index contributed by atoms with van der Waals surface area (Å²) in [7, 11) is 0. The van der Waals surface area contributed by atoms with E-state index in [0.29, 0.717) is 43.6 Å². The van der Waals surface area contributed by atoms with Crippen LogP contribution >= 0.6 is 0 Å². The molecule has 0 unspecified atom stereocenters. The molecule has 1 aliphatic carbocycles. The molecule has 2 heterocycles. The van der Waals surface area contributed by atoms with Crippen molar-refractivity contribution in [2.45, 2.75) is 65.7 Å². The lowest BCUT2D eigenvalue weighted by Gasteiger charge is -2.37. The highest BCUT2D eigenvalue weighted by molar-refractivity contribution is 5.87. The van der Waals surface area contributed by atoms with Crippen molar-refractivity contribution in [1.82, 2.24) is 15.2 Å². The van der Waals surface area contributed by atoms with Crippen molar-refractivity contribution in [3.8, 4) is 0 Å². The van der Waals surface area contributed by atoms with Crippen LogP contribution in [0.3, 0.4) is 0 Å². The highest BCUT2D eigenvalue weighted by atomic mass is 19.4. The first-order valence-electron chi connectivity index (χ1n) is 11.4. The summed E-state index contributed by atoms with van der Waals surface area (Å²) in [5.74, 6) is -0.0516. The number of hydrogen-bond acceptors (Lipinski definition) is 4. The predicted molar refractivity (Wildman–Crippen MR) is 122 cm³/mol. The van der Waals surface area contributed by atoms with E-state index in [1.807, 2.05) is 19.9 Å². The molecule has 0 fully saturated rings. The number of amides is 2. The van der Waals surface area contributed by atoms with Crippen LogP contribution in [0.4, 0.5) is 18.0 Å². The van der Waals surface area contributed by atoms with Gasteiger partial charge >= 0.3 is 12.3 Å². The second-order valence-electron chi connectivity index (χ2n) is 10.1. The lowest BCUT2D eigenvalue weighted by Crippen LogP contribution is -2.46. The number of allylic oxidation sites excluding steroid dienone is 1. The number of pyridine rings is 1. The molecule has 1 aliphatic heterocycles. The van der Waals surface area contributed by atoms with Crippen molar-refractivity contribution in [1.29, 1.82) is 0 Å². The van der Waals surface area contributed by atoms with Crippen LogP contribution in [0.2, 0.25) is 0 Å². The molecular formula is C25H32F3N3O3. The molecular weight excluding hydrogens is 447 g/mol. The van der Waals surface area contributed by atoms with Crippen LogP contribution in [0.1, 0.15) is 65.1 Å². The molecule has 0 saturated heterocycles. The Morgan fingerprint density at radius 2 is 1.91 bits per heavy atom. The number of ether oxygens (including phenoxy) is 1. The molecule has 0 spiro atoms. The van der Waals surface area contributed by atoms with Gasteiger partial charge in [0.15, 0.2) is 0 Å². The maximum Gasteiger partial charge on any atom is 0.416 e. The van der Waals surface area contributed by atoms with Gasteiger partial charge in [0.2, 0.25) is 5.91 Å². The number of rotatable bonds is 4. The minimum atomic E-state index is -4.43. The Hall–Kier alpha value is -2.84. The van der Waals surface area contributed by atoms with Crippen LogP contribution in [-0.4, -0.2) is 40.6 Å². The van der Waals surface area contributed by atoms with Crippen LogP contribution in [0.5, 0.6) is 0 Å². The van der Waals surface area contributed by atoms with Gasteiger partial charge in [-0.3, -0.25) is 15.1 Å². The minimum Gasteiger partial charge on any atom is -0.444 e. The average molecular weight is 480 g/mol. The van der Waals surface area contributed by atoms with E-state index >= 15 is 0 Å². The third-order valence-electron chi connectivity index (χ3n) is 6.24. The van der Waals surface area contributed by atoms with E-state index < -0.39 is 28.8 Å². The maximum atomic E-state index is 13.6. The Morgan fingerprint density at radius 1 is 1.21 bits per heavy atom. The molecule has 3 rings (SSSR count). The van der Waals surface area contributed by atoms with Gasteiger partial charge in [0.25, 0.3) is 0 Å². The topological polar surface area (TPSA) is 71.5 Å². The van der Waals surface area contributed by atoms with Crippen molar-refractivity contribution in [3.63, 3.8) is 0 Å². The molecule has 0 radical (unpaired) electrons. The van der Waals surface area contributed by atoms with Crippen molar-refractivity contribution < 1.29 is 27.5 Å². The molecule has 1 aromatic heterocycles. The van der Waals surface area contributed by atoms with Gasteiger partial charge in [-0.1, -0.05) is 19.9 Å². The number of alkyl carbamates (subject to hydrolysis) is 1. The lowest BCUT2D eigenvalue weighted by molar-refractivity contribution is -0.141. The molecule has 6 nitrogen and oxygen atoms in total. The number of halogens is 3. The number of nitrogens with one attached hydrogen (secondary N) is 1. The van der Waals surface area contributed by atoms with Gasteiger partial charge < -0.3 is 9.64 Å².